The van der Waals surface area contributed by atoms with Gasteiger partial charge in [0.1, 0.15) is 11.1 Å². The Labute approximate surface area is 99.6 Å². The SMILES string of the molecule is O=S1(=O)CCCC1c1nc2n(n1)CC(O)CC2. The number of hydrogen-bond donors (Lipinski definition) is 1. The summed E-state index contributed by atoms with van der Waals surface area (Å²) in [5.41, 5.74) is 0. The monoisotopic (exact) mass is 257 g/mol. The van der Waals surface area contributed by atoms with Crippen LogP contribution in [-0.4, -0.2) is 40.1 Å². The highest BCUT2D eigenvalue weighted by Gasteiger charge is 2.36. The van der Waals surface area contributed by atoms with Gasteiger partial charge in [0.15, 0.2) is 15.7 Å². The number of aliphatic hydroxyl groups excluding tert-OH is 1. The van der Waals surface area contributed by atoms with Gasteiger partial charge in [-0.2, -0.15) is 5.10 Å². The van der Waals surface area contributed by atoms with Gasteiger partial charge in [0.2, 0.25) is 0 Å². The van der Waals surface area contributed by atoms with Gasteiger partial charge in [-0.3, -0.25) is 0 Å². The van der Waals surface area contributed by atoms with Crippen molar-refractivity contribution in [3.05, 3.63) is 11.6 Å². The Balaban J connectivity index is 1.95. The predicted octanol–water partition coefficient (Wildman–Crippen LogP) is -0.165. The number of sulfone groups is 1. The van der Waals surface area contributed by atoms with Crippen LogP contribution in [-0.2, 0) is 22.8 Å². The number of aliphatic hydroxyl groups is 1. The Hall–Kier alpha value is -0.950. The lowest BCUT2D eigenvalue weighted by Crippen LogP contribution is -2.25. The third kappa shape index (κ3) is 1.87. The average molecular weight is 257 g/mol. The molecular formula is C10H15N3O3S. The van der Waals surface area contributed by atoms with Gasteiger partial charge in [0, 0.05) is 6.42 Å². The average Bonchev–Trinajstić information content (AvgIpc) is 2.79. The zero-order valence-electron chi connectivity index (χ0n) is 9.41. The molecule has 0 saturated carbocycles. The van der Waals surface area contributed by atoms with Gasteiger partial charge < -0.3 is 5.11 Å². The van der Waals surface area contributed by atoms with Crippen LogP contribution in [0, 0.1) is 0 Å². The van der Waals surface area contributed by atoms with Gasteiger partial charge in [-0.25, -0.2) is 18.1 Å². The minimum Gasteiger partial charge on any atom is -0.391 e. The Morgan fingerprint density at radius 2 is 2.18 bits per heavy atom. The molecule has 17 heavy (non-hydrogen) atoms. The lowest BCUT2D eigenvalue weighted by Gasteiger charge is -2.16. The van der Waals surface area contributed by atoms with E-state index in [0.717, 1.165) is 5.82 Å². The van der Waals surface area contributed by atoms with E-state index in [0.29, 0.717) is 38.1 Å². The van der Waals surface area contributed by atoms with Gasteiger partial charge in [-0.05, 0) is 19.3 Å². The van der Waals surface area contributed by atoms with Gasteiger partial charge in [0.05, 0.1) is 18.4 Å². The minimum atomic E-state index is -3.05. The van der Waals surface area contributed by atoms with Crippen molar-refractivity contribution in [1.82, 2.24) is 14.8 Å². The van der Waals surface area contributed by atoms with Crippen molar-refractivity contribution in [1.29, 1.82) is 0 Å². The Morgan fingerprint density at radius 3 is 2.88 bits per heavy atom. The topological polar surface area (TPSA) is 85.1 Å². The van der Waals surface area contributed by atoms with Crippen molar-refractivity contribution in [2.75, 3.05) is 5.75 Å². The van der Waals surface area contributed by atoms with Gasteiger partial charge in [-0.1, -0.05) is 0 Å². The number of aromatic nitrogens is 3. The fraction of sp³-hybridized carbons (Fsp3) is 0.800. The van der Waals surface area contributed by atoms with Gasteiger partial charge in [-0.15, -0.1) is 0 Å². The number of nitrogens with zero attached hydrogens (tertiary/aromatic N) is 3. The third-order valence-electron chi connectivity index (χ3n) is 3.47. The first-order chi connectivity index (χ1) is 8.06. The summed E-state index contributed by atoms with van der Waals surface area (Å²) >= 11 is 0. The smallest absolute Gasteiger partial charge is 0.169 e. The van der Waals surface area contributed by atoms with E-state index in [1.54, 1.807) is 4.68 Å². The first kappa shape index (κ1) is 11.2. The molecule has 0 amide bonds. The van der Waals surface area contributed by atoms with E-state index in [4.69, 9.17) is 0 Å². The van der Waals surface area contributed by atoms with Crippen LogP contribution < -0.4 is 0 Å². The molecule has 3 rings (SSSR count). The molecule has 7 heteroatoms. The molecule has 2 unspecified atom stereocenters. The van der Waals surface area contributed by atoms with E-state index in [1.165, 1.54) is 0 Å². The lowest BCUT2D eigenvalue weighted by molar-refractivity contribution is 0.124. The van der Waals surface area contributed by atoms with Crippen molar-refractivity contribution in [2.45, 2.75) is 43.6 Å². The van der Waals surface area contributed by atoms with Gasteiger partial charge in [0.25, 0.3) is 0 Å². The van der Waals surface area contributed by atoms with Crippen LogP contribution >= 0.6 is 0 Å². The summed E-state index contributed by atoms with van der Waals surface area (Å²) < 4.78 is 25.3. The molecule has 3 heterocycles. The zero-order valence-corrected chi connectivity index (χ0v) is 10.2. The summed E-state index contributed by atoms with van der Waals surface area (Å²) in [5.74, 6) is 1.46. The first-order valence-corrected chi connectivity index (χ1v) is 7.61. The van der Waals surface area contributed by atoms with E-state index in [9.17, 15) is 13.5 Å². The van der Waals surface area contributed by atoms with Crippen LogP contribution in [0.2, 0.25) is 0 Å². The molecule has 1 N–H and O–H groups in total. The molecule has 1 saturated heterocycles. The molecule has 0 radical (unpaired) electrons. The lowest BCUT2D eigenvalue weighted by atomic mass is 10.1. The molecule has 0 spiro atoms. The number of hydrogen-bond acceptors (Lipinski definition) is 5. The molecule has 2 atom stereocenters. The van der Waals surface area contributed by atoms with Crippen LogP contribution in [0.3, 0.4) is 0 Å². The maximum atomic E-state index is 11.8. The van der Waals surface area contributed by atoms with Crippen LogP contribution in [0.4, 0.5) is 0 Å². The van der Waals surface area contributed by atoms with Crippen molar-refractivity contribution in [3.63, 3.8) is 0 Å². The van der Waals surface area contributed by atoms with E-state index in [-0.39, 0.29) is 5.75 Å². The maximum Gasteiger partial charge on any atom is 0.169 e. The summed E-state index contributed by atoms with van der Waals surface area (Å²) in [5, 5.41) is 13.2. The largest absolute Gasteiger partial charge is 0.391 e. The molecule has 0 aromatic carbocycles. The maximum absolute atomic E-state index is 11.8. The van der Waals surface area contributed by atoms with Crippen LogP contribution in [0.15, 0.2) is 0 Å². The third-order valence-corrected chi connectivity index (χ3v) is 5.64. The fourth-order valence-corrected chi connectivity index (χ4v) is 4.33. The standard InChI is InChI=1S/C10H15N3O3S/c14-7-3-4-9-11-10(12-13(9)6-7)8-2-1-5-17(8,15)16/h7-8,14H,1-6H2. The number of aryl methyl sites for hydroxylation is 1. The van der Waals surface area contributed by atoms with Crippen molar-refractivity contribution in [2.24, 2.45) is 0 Å². The molecule has 1 aromatic rings. The summed E-state index contributed by atoms with van der Waals surface area (Å²) in [6.07, 6.45) is 2.27. The Morgan fingerprint density at radius 1 is 1.35 bits per heavy atom. The Kier molecular flexibility index (Phi) is 2.48. The summed E-state index contributed by atoms with van der Waals surface area (Å²) in [4.78, 5) is 4.32. The quantitative estimate of drug-likeness (QED) is 0.755. The summed E-state index contributed by atoms with van der Waals surface area (Å²) in [6.45, 7) is 0.426. The van der Waals surface area contributed by atoms with E-state index < -0.39 is 21.2 Å². The van der Waals surface area contributed by atoms with Crippen molar-refractivity contribution < 1.29 is 13.5 Å². The van der Waals surface area contributed by atoms with E-state index in [1.807, 2.05) is 0 Å². The molecular weight excluding hydrogens is 242 g/mol. The normalized spacial score (nSPS) is 31.4. The van der Waals surface area contributed by atoms with E-state index >= 15 is 0 Å². The first-order valence-electron chi connectivity index (χ1n) is 5.89. The highest BCUT2D eigenvalue weighted by atomic mass is 32.2. The molecule has 2 aliphatic heterocycles. The minimum absolute atomic E-state index is 0.240. The highest BCUT2D eigenvalue weighted by Crippen LogP contribution is 2.33. The summed E-state index contributed by atoms with van der Waals surface area (Å²) in [6, 6.07) is 0. The van der Waals surface area contributed by atoms with Gasteiger partial charge >= 0.3 is 0 Å². The molecule has 0 aliphatic carbocycles. The molecule has 6 nitrogen and oxygen atoms in total. The number of fused-ring (bicyclic) bond motifs is 1. The second kappa shape index (κ2) is 3.78. The van der Waals surface area contributed by atoms with Crippen molar-refractivity contribution >= 4 is 9.84 Å². The van der Waals surface area contributed by atoms with Crippen LogP contribution in [0.5, 0.6) is 0 Å². The number of rotatable bonds is 1. The van der Waals surface area contributed by atoms with Crippen LogP contribution in [0.1, 0.15) is 36.2 Å². The molecule has 94 valence electrons. The highest BCUT2D eigenvalue weighted by molar-refractivity contribution is 7.91. The second-order valence-electron chi connectivity index (χ2n) is 4.76. The fourth-order valence-electron chi connectivity index (χ4n) is 2.53. The molecule has 1 aromatic heterocycles. The summed E-state index contributed by atoms with van der Waals surface area (Å²) in [7, 11) is -3.05. The van der Waals surface area contributed by atoms with Crippen molar-refractivity contribution in [3.8, 4) is 0 Å². The van der Waals surface area contributed by atoms with E-state index in [2.05, 4.69) is 10.1 Å². The second-order valence-corrected chi connectivity index (χ2v) is 7.06. The molecule has 0 bridgehead atoms. The predicted molar refractivity (Wildman–Crippen MR) is 60.1 cm³/mol. The Bertz CT molecular complexity index is 537. The van der Waals surface area contributed by atoms with Crippen LogP contribution in [0.25, 0.3) is 0 Å². The zero-order chi connectivity index (χ0) is 12.0. The molecule has 1 fully saturated rings. The molecule has 2 aliphatic rings.